The molecule has 1 saturated heterocycles. The van der Waals surface area contributed by atoms with Crippen LogP contribution < -0.4 is 9.47 Å². The first-order chi connectivity index (χ1) is 16.4. The normalized spacial score (nSPS) is 15.1. The standard InChI is InChI=1S/C25H29N3O6/c1-4-28(31)24(29)27-15-13-25(30,14-16-27)23-26-21(17-5-9-19(32-2)10-6-17)22(34-23)18-7-11-20(33-3)12-8-18/h5-12,30-31H,4,13-16H2,1-3H3. The largest absolute Gasteiger partial charge is 0.497 e. The van der Waals surface area contributed by atoms with Crippen molar-refractivity contribution in [1.82, 2.24) is 14.9 Å². The van der Waals surface area contributed by atoms with Crippen molar-refractivity contribution in [3.8, 4) is 34.1 Å². The molecule has 9 nitrogen and oxygen atoms in total. The van der Waals surface area contributed by atoms with Gasteiger partial charge >= 0.3 is 6.03 Å². The molecule has 2 N–H and O–H groups in total. The van der Waals surface area contributed by atoms with Crippen LogP contribution in [0.5, 0.6) is 11.5 Å². The minimum atomic E-state index is -1.34. The number of carbonyl (C=O) groups excluding carboxylic acids is 1. The lowest BCUT2D eigenvalue weighted by Gasteiger charge is -2.37. The highest BCUT2D eigenvalue weighted by Gasteiger charge is 2.41. The van der Waals surface area contributed by atoms with E-state index in [0.29, 0.717) is 16.5 Å². The summed E-state index contributed by atoms with van der Waals surface area (Å²) in [6, 6.07) is 14.4. The molecule has 2 aromatic carbocycles. The molecule has 34 heavy (non-hydrogen) atoms. The van der Waals surface area contributed by atoms with Gasteiger partial charge in [-0.05, 0) is 55.5 Å². The first kappa shape index (κ1) is 23.6. The van der Waals surface area contributed by atoms with Crippen LogP contribution in [0.3, 0.4) is 0 Å². The summed E-state index contributed by atoms with van der Waals surface area (Å²) in [4.78, 5) is 18.5. The number of carbonyl (C=O) groups is 1. The van der Waals surface area contributed by atoms with Gasteiger partial charge in [0.15, 0.2) is 5.76 Å². The summed E-state index contributed by atoms with van der Waals surface area (Å²) >= 11 is 0. The summed E-state index contributed by atoms with van der Waals surface area (Å²) in [5.74, 6) is 2.17. The maximum absolute atomic E-state index is 12.3. The van der Waals surface area contributed by atoms with Gasteiger partial charge in [-0.3, -0.25) is 5.21 Å². The van der Waals surface area contributed by atoms with E-state index in [1.54, 1.807) is 21.1 Å². The van der Waals surface area contributed by atoms with E-state index < -0.39 is 11.6 Å². The smallest absolute Gasteiger partial charge is 0.343 e. The maximum Gasteiger partial charge on any atom is 0.343 e. The zero-order valence-electron chi connectivity index (χ0n) is 19.5. The van der Waals surface area contributed by atoms with Crippen molar-refractivity contribution in [2.45, 2.75) is 25.4 Å². The number of amides is 2. The lowest BCUT2D eigenvalue weighted by molar-refractivity contribution is -0.0736. The number of hydrogen-bond acceptors (Lipinski definition) is 7. The lowest BCUT2D eigenvalue weighted by Crippen LogP contribution is -2.49. The lowest BCUT2D eigenvalue weighted by atomic mass is 9.91. The number of oxazole rings is 1. The van der Waals surface area contributed by atoms with Crippen LogP contribution in [-0.2, 0) is 5.60 Å². The number of nitrogens with zero attached hydrogens (tertiary/aromatic N) is 3. The number of benzene rings is 2. The highest BCUT2D eigenvalue weighted by Crippen LogP contribution is 2.40. The van der Waals surface area contributed by atoms with Gasteiger partial charge in [-0.1, -0.05) is 0 Å². The van der Waals surface area contributed by atoms with Gasteiger partial charge in [-0.15, -0.1) is 0 Å². The molecule has 2 heterocycles. The predicted octanol–water partition coefficient (Wildman–Crippen LogP) is 4.14. The highest BCUT2D eigenvalue weighted by molar-refractivity contribution is 5.77. The molecule has 0 spiro atoms. The molecule has 1 aliphatic heterocycles. The zero-order valence-corrected chi connectivity index (χ0v) is 19.5. The second kappa shape index (κ2) is 9.74. The first-order valence-corrected chi connectivity index (χ1v) is 11.2. The monoisotopic (exact) mass is 467 g/mol. The maximum atomic E-state index is 12.3. The molecule has 1 aromatic heterocycles. The van der Waals surface area contributed by atoms with Crippen LogP contribution in [0.15, 0.2) is 52.9 Å². The number of piperidine rings is 1. The van der Waals surface area contributed by atoms with Crippen molar-refractivity contribution in [1.29, 1.82) is 0 Å². The molecule has 4 rings (SSSR count). The number of methoxy groups -OCH3 is 2. The molecule has 2 amide bonds. The number of hydrogen-bond donors (Lipinski definition) is 2. The Morgan fingerprint density at radius 1 is 1.03 bits per heavy atom. The fourth-order valence-corrected chi connectivity index (χ4v) is 3.98. The molecule has 1 fully saturated rings. The fraction of sp³-hybridized carbons (Fsp3) is 0.360. The van der Waals surface area contributed by atoms with Gasteiger partial charge in [0, 0.05) is 43.6 Å². The average Bonchev–Trinajstić information content (AvgIpc) is 3.35. The van der Waals surface area contributed by atoms with E-state index in [1.807, 2.05) is 48.5 Å². The molecule has 0 unspecified atom stereocenters. The SMILES string of the molecule is CCN(O)C(=O)N1CCC(O)(c2nc(-c3ccc(OC)cc3)c(-c3ccc(OC)cc3)o2)CC1. The van der Waals surface area contributed by atoms with Crippen molar-refractivity contribution >= 4 is 6.03 Å². The van der Waals surface area contributed by atoms with E-state index in [2.05, 4.69) is 0 Å². The molecule has 0 atom stereocenters. The molecule has 3 aromatic rings. The summed E-state index contributed by atoms with van der Waals surface area (Å²) in [5, 5.41) is 21.8. The second-order valence-corrected chi connectivity index (χ2v) is 8.17. The summed E-state index contributed by atoms with van der Waals surface area (Å²) in [6.45, 7) is 2.41. The molecular weight excluding hydrogens is 438 g/mol. The Balaban J connectivity index is 1.68. The zero-order chi connectivity index (χ0) is 24.3. The molecule has 0 bridgehead atoms. The Kier molecular flexibility index (Phi) is 6.76. The topological polar surface area (TPSA) is 109 Å². The summed E-state index contributed by atoms with van der Waals surface area (Å²) in [5.41, 5.74) is 0.870. The third kappa shape index (κ3) is 4.57. The van der Waals surface area contributed by atoms with Crippen molar-refractivity contribution in [2.75, 3.05) is 33.9 Å². The van der Waals surface area contributed by atoms with Gasteiger partial charge in [0.2, 0.25) is 5.89 Å². The summed E-state index contributed by atoms with van der Waals surface area (Å²) < 4.78 is 16.7. The third-order valence-electron chi connectivity index (χ3n) is 6.12. The van der Waals surface area contributed by atoms with Gasteiger partial charge in [0.25, 0.3) is 0 Å². The number of aromatic nitrogens is 1. The number of likely N-dealkylation sites (tertiary alicyclic amines) is 1. The van der Waals surface area contributed by atoms with E-state index >= 15 is 0 Å². The molecule has 0 saturated carbocycles. The summed E-state index contributed by atoms with van der Waals surface area (Å²) in [7, 11) is 3.21. The Morgan fingerprint density at radius 3 is 2.06 bits per heavy atom. The minimum absolute atomic E-state index is 0.190. The van der Waals surface area contributed by atoms with Gasteiger partial charge in [0.1, 0.15) is 22.8 Å². The van der Waals surface area contributed by atoms with Crippen LogP contribution in [0, 0.1) is 0 Å². The molecule has 0 aliphatic carbocycles. The van der Waals surface area contributed by atoms with Crippen LogP contribution in [0.2, 0.25) is 0 Å². The number of aliphatic hydroxyl groups is 1. The Morgan fingerprint density at radius 2 is 1.56 bits per heavy atom. The van der Waals surface area contributed by atoms with E-state index in [9.17, 15) is 15.1 Å². The van der Waals surface area contributed by atoms with E-state index in [0.717, 1.165) is 22.6 Å². The van der Waals surface area contributed by atoms with Crippen molar-refractivity contribution in [3.05, 3.63) is 54.4 Å². The Labute approximate surface area is 198 Å². The van der Waals surface area contributed by atoms with Crippen LogP contribution in [-0.4, -0.2) is 65.1 Å². The quantitative estimate of drug-likeness (QED) is 0.414. The van der Waals surface area contributed by atoms with Crippen LogP contribution in [0.1, 0.15) is 25.7 Å². The van der Waals surface area contributed by atoms with Gasteiger partial charge < -0.3 is 23.9 Å². The first-order valence-electron chi connectivity index (χ1n) is 11.2. The number of ether oxygens (including phenoxy) is 2. The van der Waals surface area contributed by atoms with E-state index in [4.69, 9.17) is 18.9 Å². The van der Waals surface area contributed by atoms with E-state index in [-0.39, 0.29) is 38.4 Å². The van der Waals surface area contributed by atoms with Crippen LogP contribution in [0.25, 0.3) is 22.6 Å². The number of rotatable bonds is 6. The second-order valence-electron chi connectivity index (χ2n) is 8.17. The van der Waals surface area contributed by atoms with Crippen LogP contribution >= 0.6 is 0 Å². The van der Waals surface area contributed by atoms with Crippen molar-refractivity contribution < 1.29 is 29.0 Å². The van der Waals surface area contributed by atoms with E-state index in [1.165, 1.54) is 4.90 Å². The van der Waals surface area contributed by atoms with Gasteiger partial charge in [0.05, 0.1) is 14.2 Å². The molecule has 0 radical (unpaired) electrons. The average molecular weight is 468 g/mol. The molecule has 9 heteroatoms. The van der Waals surface area contributed by atoms with Gasteiger partial charge in [-0.25, -0.2) is 14.8 Å². The number of hydroxylamine groups is 2. The number of urea groups is 1. The highest BCUT2D eigenvalue weighted by atomic mass is 16.5. The van der Waals surface area contributed by atoms with Crippen molar-refractivity contribution in [2.24, 2.45) is 0 Å². The minimum Gasteiger partial charge on any atom is -0.497 e. The predicted molar refractivity (Wildman–Crippen MR) is 125 cm³/mol. The van der Waals surface area contributed by atoms with Crippen LogP contribution in [0.4, 0.5) is 4.79 Å². The van der Waals surface area contributed by atoms with Crippen molar-refractivity contribution in [3.63, 3.8) is 0 Å². The third-order valence-corrected chi connectivity index (χ3v) is 6.12. The Hall–Kier alpha value is -3.56. The Bertz CT molecular complexity index is 1050. The van der Waals surface area contributed by atoms with Gasteiger partial charge in [-0.2, -0.15) is 0 Å². The molecular formula is C25H29N3O6. The molecule has 1 aliphatic rings. The molecule has 180 valence electrons. The fourth-order valence-electron chi connectivity index (χ4n) is 3.98. The summed E-state index contributed by atoms with van der Waals surface area (Å²) in [6.07, 6.45) is 0.474.